The Kier molecular flexibility index (Phi) is 3.80. The second-order valence-corrected chi connectivity index (χ2v) is 4.66. The molecule has 0 unspecified atom stereocenters. The molecule has 1 N–H and O–H groups in total. The number of non-ortho nitro benzene ring substituents is 1. The van der Waals surface area contributed by atoms with E-state index in [1.165, 1.54) is 12.1 Å². The summed E-state index contributed by atoms with van der Waals surface area (Å²) in [5.41, 5.74) is 1.14. The summed E-state index contributed by atoms with van der Waals surface area (Å²) in [7, 11) is 0. The number of carbonyl (C=O) groups excluding carboxylic acids is 1. The van der Waals surface area contributed by atoms with Crippen LogP contribution in [0.4, 0.5) is 5.69 Å². The third kappa shape index (κ3) is 2.58. The summed E-state index contributed by atoms with van der Waals surface area (Å²) in [6.07, 6.45) is 0. The molecule has 6 heteroatoms. The first kappa shape index (κ1) is 13.5. The highest BCUT2D eigenvalue weighted by molar-refractivity contribution is 5.96. The smallest absolute Gasteiger partial charge is 0.270 e. The number of aryl methyl sites for hydroxylation is 1. The van der Waals surface area contributed by atoms with Gasteiger partial charge in [0.2, 0.25) is 0 Å². The van der Waals surface area contributed by atoms with Crippen molar-refractivity contribution < 1.29 is 9.72 Å². The van der Waals surface area contributed by atoms with Crippen LogP contribution in [0.15, 0.2) is 18.2 Å². The number of nitrogens with zero attached hydrogens (tertiary/aromatic N) is 2. The molecule has 1 aromatic rings. The lowest BCUT2D eigenvalue weighted by atomic mass is 10.0. The van der Waals surface area contributed by atoms with Crippen LogP contribution in [-0.2, 0) is 0 Å². The Morgan fingerprint density at radius 1 is 1.53 bits per heavy atom. The zero-order chi connectivity index (χ0) is 14.0. The van der Waals surface area contributed by atoms with Crippen LogP contribution >= 0.6 is 0 Å². The number of nitrogens with one attached hydrogen (secondary N) is 1. The van der Waals surface area contributed by atoms with Crippen LogP contribution in [0.25, 0.3) is 0 Å². The lowest BCUT2D eigenvalue weighted by molar-refractivity contribution is -0.384. The summed E-state index contributed by atoms with van der Waals surface area (Å²) in [4.78, 5) is 24.6. The fourth-order valence-corrected chi connectivity index (χ4v) is 2.17. The molecule has 0 saturated carbocycles. The van der Waals surface area contributed by atoms with Gasteiger partial charge in [0, 0.05) is 37.3 Å². The summed E-state index contributed by atoms with van der Waals surface area (Å²) in [5.74, 6) is -0.129. The molecule has 6 nitrogen and oxygen atoms in total. The average molecular weight is 263 g/mol. The summed E-state index contributed by atoms with van der Waals surface area (Å²) in [6, 6.07) is 4.61. The maximum Gasteiger partial charge on any atom is 0.270 e. The quantitative estimate of drug-likeness (QED) is 0.657. The summed E-state index contributed by atoms with van der Waals surface area (Å²) >= 11 is 0. The van der Waals surface area contributed by atoms with Gasteiger partial charge in [-0.2, -0.15) is 0 Å². The standard InChI is InChI=1S/C13H17N3O3/c1-3-15(11-7-14-8-11)13(17)12-6-10(16(18)19)5-4-9(12)2/h4-6,11,14H,3,7-8H2,1-2H3. The number of benzene rings is 1. The topological polar surface area (TPSA) is 75.5 Å². The predicted octanol–water partition coefficient (Wildman–Crippen LogP) is 1.34. The van der Waals surface area contributed by atoms with Crippen molar-refractivity contribution in [3.8, 4) is 0 Å². The molecule has 1 fully saturated rings. The maximum atomic E-state index is 12.5. The minimum absolute atomic E-state index is 0.0447. The van der Waals surface area contributed by atoms with Crippen LogP contribution in [-0.4, -0.2) is 41.4 Å². The van der Waals surface area contributed by atoms with E-state index in [1.54, 1.807) is 17.9 Å². The number of hydrogen-bond acceptors (Lipinski definition) is 4. The normalized spacial score (nSPS) is 14.8. The highest BCUT2D eigenvalue weighted by Gasteiger charge is 2.29. The Hall–Kier alpha value is -1.95. The molecule has 102 valence electrons. The minimum Gasteiger partial charge on any atom is -0.333 e. The summed E-state index contributed by atoms with van der Waals surface area (Å²) in [5, 5.41) is 13.9. The molecule has 1 aromatic carbocycles. The molecule has 2 rings (SSSR count). The third-order valence-electron chi connectivity index (χ3n) is 3.46. The monoisotopic (exact) mass is 263 g/mol. The van der Waals surface area contributed by atoms with Gasteiger partial charge in [0.25, 0.3) is 11.6 Å². The first-order chi connectivity index (χ1) is 9.04. The van der Waals surface area contributed by atoms with Gasteiger partial charge in [-0.05, 0) is 19.4 Å². The Morgan fingerprint density at radius 3 is 2.68 bits per heavy atom. The van der Waals surface area contributed by atoms with E-state index < -0.39 is 4.92 Å². The molecule has 1 aliphatic heterocycles. The maximum absolute atomic E-state index is 12.5. The van der Waals surface area contributed by atoms with E-state index in [0.717, 1.165) is 18.7 Å². The van der Waals surface area contributed by atoms with Crippen LogP contribution in [0, 0.1) is 17.0 Å². The highest BCUT2D eigenvalue weighted by Crippen LogP contribution is 2.20. The Balaban J connectivity index is 2.31. The molecule has 0 radical (unpaired) electrons. The van der Waals surface area contributed by atoms with Crippen molar-refractivity contribution in [1.29, 1.82) is 0 Å². The lowest BCUT2D eigenvalue weighted by Gasteiger charge is -2.37. The van der Waals surface area contributed by atoms with E-state index >= 15 is 0 Å². The molecular weight excluding hydrogens is 246 g/mol. The number of hydrogen-bond donors (Lipinski definition) is 1. The average Bonchev–Trinajstić information content (AvgIpc) is 2.32. The lowest BCUT2D eigenvalue weighted by Crippen LogP contribution is -2.58. The first-order valence-electron chi connectivity index (χ1n) is 6.31. The second-order valence-electron chi connectivity index (χ2n) is 4.66. The van der Waals surface area contributed by atoms with E-state index in [2.05, 4.69) is 5.32 Å². The van der Waals surface area contributed by atoms with Crippen LogP contribution in [0.3, 0.4) is 0 Å². The van der Waals surface area contributed by atoms with E-state index in [-0.39, 0.29) is 17.6 Å². The van der Waals surface area contributed by atoms with E-state index in [4.69, 9.17) is 0 Å². The number of carbonyl (C=O) groups is 1. The van der Waals surface area contributed by atoms with Gasteiger partial charge in [-0.1, -0.05) is 6.07 Å². The fourth-order valence-electron chi connectivity index (χ4n) is 2.17. The van der Waals surface area contributed by atoms with E-state index in [9.17, 15) is 14.9 Å². The molecule has 1 amide bonds. The zero-order valence-corrected chi connectivity index (χ0v) is 11.0. The van der Waals surface area contributed by atoms with E-state index in [0.29, 0.717) is 12.1 Å². The molecular formula is C13H17N3O3. The van der Waals surface area contributed by atoms with Crippen molar-refractivity contribution in [2.75, 3.05) is 19.6 Å². The van der Waals surface area contributed by atoms with Crippen molar-refractivity contribution in [3.05, 3.63) is 39.4 Å². The molecule has 0 atom stereocenters. The van der Waals surface area contributed by atoms with Gasteiger partial charge in [-0.25, -0.2) is 0 Å². The fraction of sp³-hybridized carbons (Fsp3) is 0.462. The zero-order valence-electron chi connectivity index (χ0n) is 11.0. The van der Waals surface area contributed by atoms with Crippen LogP contribution in [0.1, 0.15) is 22.8 Å². The molecule has 0 aromatic heterocycles. The van der Waals surface area contributed by atoms with Gasteiger partial charge < -0.3 is 10.2 Å². The van der Waals surface area contributed by atoms with Gasteiger partial charge in [-0.15, -0.1) is 0 Å². The van der Waals surface area contributed by atoms with E-state index in [1.807, 2.05) is 6.92 Å². The third-order valence-corrected chi connectivity index (χ3v) is 3.46. The first-order valence-corrected chi connectivity index (χ1v) is 6.31. The van der Waals surface area contributed by atoms with Crippen molar-refractivity contribution in [2.24, 2.45) is 0 Å². The molecule has 0 spiro atoms. The van der Waals surface area contributed by atoms with Gasteiger partial charge in [0.1, 0.15) is 0 Å². The number of likely N-dealkylation sites (N-methyl/N-ethyl adjacent to an activating group) is 1. The Bertz CT molecular complexity index is 512. The largest absolute Gasteiger partial charge is 0.333 e. The van der Waals surface area contributed by atoms with Crippen molar-refractivity contribution >= 4 is 11.6 Å². The summed E-state index contributed by atoms with van der Waals surface area (Å²) in [6.45, 7) is 5.89. The van der Waals surface area contributed by atoms with Crippen molar-refractivity contribution in [2.45, 2.75) is 19.9 Å². The molecule has 0 bridgehead atoms. The number of nitro groups is 1. The summed E-state index contributed by atoms with van der Waals surface area (Å²) < 4.78 is 0. The van der Waals surface area contributed by atoms with Gasteiger partial charge in [0.15, 0.2) is 0 Å². The molecule has 1 heterocycles. The number of amides is 1. The molecule has 1 saturated heterocycles. The van der Waals surface area contributed by atoms with Gasteiger partial charge in [-0.3, -0.25) is 14.9 Å². The molecule has 1 aliphatic rings. The second kappa shape index (κ2) is 5.36. The SMILES string of the molecule is CCN(C(=O)c1cc([N+](=O)[O-])ccc1C)C1CNC1. The molecule has 0 aliphatic carbocycles. The highest BCUT2D eigenvalue weighted by atomic mass is 16.6. The van der Waals surface area contributed by atoms with Crippen LogP contribution in [0.2, 0.25) is 0 Å². The minimum atomic E-state index is -0.475. The van der Waals surface area contributed by atoms with Gasteiger partial charge >= 0.3 is 0 Å². The van der Waals surface area contributed by atoms with Crippen molar-refractivity contribution in [3.63, 3.8) is 0 Å². The van der Waals surface area contributed by atoms with Crippen molar-refractivity contribution in [1.82, 2.24) is 10.2 Å². The van der Waals surface area contributed by atoms with Gasteiger partial charge in [0.05, 0.1) is 11.0 Å². The number of rotatable bonds is 4. The Labute approximate surface area is 111 Å². The predicted molar refractivity (Wildman–Crippen MR) is 71.2 cm³/mol. The molecule has 19 heavy (non-hydrogen) atoms. The van der Waals surface area contributed by atoms with Crippen LogP contribution < -0.4 is 5.32 Å². The number of nitro benzene ring substituents is 1. The Morgan fingerprint density at radius 2 is 2.21 bits per heavy atom. The van der Waals surface area contributed by atoms with Crippen LogP contribution in [0.5, 0.6) is 0 Å².